The summed E-state index contributed by atoms with van der Waals surface area (Å²) in [6.45, 7) is 0.497. The molecular weight excluding hydrogens is 347 g/mol. The summed E-state index contributed by atoms with van der Waals surface area (Å²) in [5.74, 6) is 0.570. The number of nitrogens with zero attached hydrogens (tertiary/aromatic N) is 1. The highest BCUT2D eigenvalue weighted by Gasteiger charge is 2.16. The number of ether oxygens (including phenoxy) is 2. The maximum absolute atomic E-state index is 13.2. The zero-order valence-electron chi connectivity index (χ0n) is 12.9. The molecule has 0 saturated carbocycles. The molecule has 5 nitrogen and oxygen atoms in total. The van der Waals surface area contributed by atoms with Gasteiger partial charge in [0.2, 0.25) is 6.79 Å². The van der Waals surface area contributed by atoms with Gasteiger partial charge in [0.05, 0.1) is 11.1 Å². The van der Waals surface area contributed by atoms with E-state index >= 15 is 0 Å². The number of hydrogen-bond acceptors (Lipinski definition) is 4. The molecule has 126 valence electrons. The first-order valence-electron chi connectivity index (χ1n) is 7.53. The van der Waals surface area contributed by atoms with Crippen molar-refractivity contribution in [2.45, 2.75) is 6.54 Å². The van der Waals surface area contributed by atoms with E-state index in [4.69, 9.17) is 21.1 Å². The van der Waals surface area contributed by atoms with Crippen LogP contribution in [0.5, 0.6) is 11.5 Å². The van der Waals surface area contributed by atoms with Gasteiger partial charge in [-0.05, 0) is 35.9 Å². The second kappa shape index (κ2) is 6.22. The van der Waals surface area contributed by atoms with E-state index in [1.54, 1.807) is 18.2 Å². The number of nitrogens with one attached hydrogen (secondary N) is 1. The number of benzene rings is 2. The molecule has 2 aromatic carbocycles. The maximum Gasteiger partial charge on any atom is 0.254 e. The number of carbonyl (C=O) groups excluding carboxylic acids is 1. The summed E-state index contributed by atoms with van der Waals surface area (Å²) < 4.78 is 23.8. The van der Waals surface area contributed by atoms with Crippen LogP contribution in [0.4, 0.5) is 4.39 Å². The van der Waals surface area contributed by atoms with Crippen molar-refractivity contribution in [1.82, 2.24) is 10.3 Å². The third kappa shape index (κ3) is 3.08. The van der Waals surface area contributed by atoms with Gasteiger partial charge in [-0.2, -0.15) is 0 Å². The normalized spacial score (nSPS) is 12.4. The molecule has 2 heterocycles. The van der Waals surface area contributed by atoms with Gasteiger partial charge in [0.25, 0.3) is 5.91 Å². The van der Waals surface area contributed by atoms with Gasteiger partial charge in [-0.3, -0.25) is 4.79 Å². The second-order valence-electron chi connectivity index (χ2n) is 5.53. The highest BCUT2D eigenvalue weighted by atomic mass is 35.5. The molecule has 7 heteroatoms. The average Bonchev–Trinajstić information content (AvgIpc) is 3.06. The topological polar surface area (TPSA) is 60.5 Å². The Balaban J connectivity index is 1.53. The summed E-state index contributed by atoms with van der Waals surface area (Å²) in [6, 6.07) is 11.2. The van der Waals surface area contributed by atoms with E-state index < -0.39 is 5.82 Å². The minimum absolute atomic E-state index is 0.0290. The summed E-state index contributed by atoms with van der Waals surface area (Å²) >= 11 is 6.08. The molecule has 0 spiro atoms. The highest BCUT2D eigenvalue weighted by Crippen LogP contribution is 2.32. The van der Waals surface area contributed by atoms with E-state index in [-0.39, 0.29) is 23.4 Å². The fraction of sp³-hybridized carbons (Fsp3) is 0.111. The molecule has 1 aliphatic heterocycles. The minimum Gasteiger partial charge on any atom is -0.454 e. The van der Waals surface area contributed by atoms with Gasteiger partial charge in [0.1, 0.15) is 11.0 Å². The van der Waals surface area contributed by atoms with Gasteiger partial charge >= 0.3 is 0 Å². The lowest BCUT2D eigenvalue weighted by molar-refractivity contribution is 0.0951. The van der Waals surface area contributed by atoms with Gasteiger partial charge in [-0.25, -0.2) is 9.37 Å². The van der Waals surface area contributed by atoms with E-state index in [1.165, 1.54) is 12.1 Å². The highest BCUT2D eigenvalue weighted by molar-refractivity contribution is 6.33. The van der Waals surface area contributed by atoms with Crippen LogP contribution in [-0.2, 0) is 6.54 Å². The number of amides is 1. The van der Waals surface area contributed by atoms with Crippen molar-refractivity contribution in [3.05, 3.63) is 64.6 Å². The zero-order valence-corrected chi connectivity index (χ0v) is 13.6. The maximum atomic E-state index is 13.2. The third-order valence-electron chi connectivity index (χ3n) is 3.87. The summed E-state index contributed by atoms with van der Waals surface area (Å²) in [7, 11) is 0. The van der Waals surface area contributed by atoms with E-state index in [1.807, 2.05) is 12.1 Å². The molecule has 0 atom stereocenters. The van der Waals surface area contributed by atoms with Crippen molar-refractivity contribution in [2.24, 2.45) is 0 Å². The van der Waals surface area contributed by atoms with Crippen LogP contribution in [0.2, 0.25) is 5.15 Å². The van der Waals surface area contributed by atoms with Crippen LogP contribution in [0.15, 0.2) is 42.5 Å². The molecule has 1 aliphatic rings. The minimum atomic E-state index is -0.406. The lowest BCUT2D eigenvalue weighted by Gasteiger charge is -2.08. The van der Waals surface area contributed by atoms with Crippen molar-refractivity contribution < 1.29 is 18.7 Å². The Bertz CT molecular complexity index is 993. The summed E-state index contributed by atoms with van der Waals surface area (Å²) in [5, 5.41) is 3.46. The van der Waals surface area contributed by atoms with Crippen LogP contribution >= 0.6 is 11.6 Å². The Morgan fingerprint density at radius 2 is 2.00 bits per heavy atom. The molecule has 1 amide bonds. The van der Waals surface area contributed by atoms with E-state index in [2.05, 4.69) is 10.3 Å². The molecule has 0 saturated heterocycles. The predicted molar refractivity (Wildman–Crippen MR) is 90.4 cm³/mol. The SMILES string of the molecule is O=C(NCc1ccc2c(c1)OCO2)c1cc2ccc(F)cc2nc1Cl. The number of carbonyl (C=O) groups is 1. The molecular formula is C18H12ClFN2O3. The van der Waals surface area contributed by atoms with Crippen LogP contribution < -0.4 is 14.8 Å². The van der Waals surface area contributed by atoms with Gasteiger partial charge < -0.3 is 14.8 Å². The van der Waals surface area contributed by atoms with Crippen molar-refractivity contribution in [3.63, 3.8) is 0 Å². The fourth-order valence-corrected chi connectivity index (χ4v) is 2.84. The Hall–Kier alpha value is -2.86. The first-order chi connectivity index (χ1) is 12.1. The Morgan fingerprint density at radius 3 is 2.88 bits per heavy atom. The van der Waals surface area contributed by atoms with Crippen LogP contribution in [-0.4, -0.2) is 17.7 Å². The average molecular weight is 359 g/mol. The summed E-state index contributed by atoms with van der Waals surface area (Å²) in [4.78, 5) is 16.5. The van der Waals surface area contributed by atoms with Crippen molar-refractivity contribution in [3.8, 4) is 11.5 Å². The molecule has 1 aromatic heterocycles. The lowest BCUT2D eigenvalue weighted by atomic mass is 10.1. The van der Waals surface area contributed by atoms with Crippen LogP contribution in [0.3, 0.4) is 0 Å². The second-order valence-corrected chi connectivity index (χ2v) is 5.89. The first kappa shape index (κ1) is 15.7. The summed E-state index contributed by atoms with van der Waals surface area (Å²) in [6.07, 6.45) is 0. The fourth-order valence-electron chi connectivity index (χ4n) is 2.60. The number of fused-ring (bicyclic) bond motifs is 2. The van der Waals surface area contributed by atoms with E-state index in [0.29, 0.717) is 28.9 Å². The molecule has 4 rings (SSSR count). The lowest BCUT2D eigenvalue weighted by Crippen LogP contribution is -2.23. The molecule has 25 heavy (non-hydrogen) atoms. The van der Waals surface area contributed by atoms with Crippen LogP contribution in [0.25, 0.3) is 10.9 Å². The Kier molecular flexibility index (Phi) is 3.89. The van der Waals surface area contributed by atoms with Crippen molar-refractivity contribution in [1.29, 1.82) is 0 Å². The standard InChI is InChI=1S/C18H12ClFN2O3/c19-17-13(6-11-2-3-12(20)7-14(11)22-17)18(23)21-8-10-1-4-15-16(5-10)25-9-24-15/h1-7H,8-9H2,(H,21,23). The van der Waals surface area contributed by atoms with Crippen molar-refractivity contribution >= 4 is 28.4 Å². The third-order valence-corrected chi connectivity index (χ3v) is 4.16. The van der Waals surface area contributed by atoms with Gasteiger partial charge in [-0.1, -0.05) is 17.7 Å². The summed E-state index contributed by atoms with van der Waals surface area (Å²) in [5.41, 5.74) is 1.50. The van der Waals surface area contributed by atoms with E-state index in [9.17, 15) is 9.18 Å². The molecule has 0 bridgehead atoms. The predicted octanol–water partition coefficient (Wildman–Crippen LogP) is 3.69. The Labute approximate surface area is 147 Å². The van der Waals surface area contributed by atoms with Crippen molar-refractivity contribution in [2.75, 3.05) is 6.79 Å². The number of aromatic nitrogens is 1. The number of hydrogen-bond donors (Lipinski definition) is 1. The number of rotatable bonds is 3. The molecule has 0 unspecified atom stereocenters. The molecule has 0 fully saturated rings. The molecule has 3 aromatic rings. The van der Waals surface area contributed by atoms with Crippen LogP contribution in [0, 0.1) is 5.82 Å². The number of pyridine rings is 1. The number of halogens is 2. The van der Waals surface area contributed by atoms with Gasteiger partial charge in [0, 0.05) is 18.0 Å². The molecule has 0 aliphatic carbocycles. The van der Waals surface area contributed by atoms with Gasteiger partial charge in [-0.15, -0.1) is 0 Å². The molecule has 0 radical (unpaired) electrons. The molecule has 1 N–H and O–H groups in total. The Morgan fingerprint density at radius 1 is 1.16 bits per heavy atom. The zero-order chi connectivity index (χ0) is 17.4. The quantitative estimate of drug-likeness (QED) is 0.725. The first-order valence-corrected chi connectivity index (χ1v) is 7.90. The van der Waals surface area contributed by atoms with Gasteiger partial charge in [0.15, 0.2) is 11.5 Å². The largest absolute Gasteiger partial charge is 0.454 e. The van der Waals surface area contributed by atoms with Crippen LogP contribution in [0.1, 0.15) is 15.9 Å². The monoisotopic (exact) mass is 358 g/mol. The van der Waals surface area contributed by atoms with E-state index in [0.717, 1.165) is 5.56 Å². The smallest absolute Gasteiger partial charge is 0.254 e.